The Morgan fingerprint density at radius 2 is 1.61 bits per heavy atom. The predicted molar refractivity (Wildman–Crippen MR) is 109 cm³/mol. The van der Waals surface area contributed by atoms with Crippen LogP contribution in [0.3, 0.4) is 0 Å². The van der Waals surface area contributed by atoms with E-state index in [1.807, 2.05) is 30.3 Å². The lowest BCUT2D eigenvalue weighted by Gasteiger charge is -2.46. The molecule has 0 radical (unpaired) electrons. The standard InChI is InChI=1S/C21H23ClN2O3S/c22-15-11-12-18-17(13-15)19(14-7-3-1-4-8-14)20(21(25)23-18)24-28(26,27)16-9-5-2-6-10-16/h1-10,15,17-20,24H,11-13H2,(H,23,25). The molecule has 0 aromatic heterocycles. The van der Waals surface area contributed by atoms with Crippen LogP contribution in [-0.4, -0.2) is 31.8 Å². The highest BCUT2D eigenvalue weighted by atomic mass is 35.5. The summed E-state index contributed by atoms with van der Waals surface area (Å²) >= 11 is 6.45. The first-order chi connectivity index (χ1) is 13.5. The second-order valence-corrected chi connectivity index (χ2v) is 9.87. The minimum Gasteiger partial charge on any atom is -0.352 e. The summed E-state index contributed by atoms with van der Waals surface area (Å²) in [5, 5.41) is 3.07. The first-order valence-corrected chi connectivity index (χ1v) is 11.4. The molecule has 1 aliphatic carbocycles. The SMILES string of the molecule is O=C1NC2CCC(Cl)CC2C(c2ccccc2)C1NS(=O)(=O)c1ccccc1. The summed E-state index contributed by atoms with van der Waals surface area (Å²) in [5.41, 5.74) is 0.957. The van der Waals surface area contributed by atoms with E-state index in [2.05, 4.69) is 10.0 Å². The van der Waals surface area contributed by atoms with E-state index in [0.29, 0.717) is 0 Å². The van der Waals surface area contributed by atoms with Gasteiger partial charge in [0.15, 0.2) is 0 Å². The minimum atomic E-state index is -3.83. The number of rotatable bonds is 4. The van der Waals surface area contributed by atoms with Crippen molar-refractivity contribution >= 4 is 27.5 Å². The molecule has 1 saturated heterocycles. The summed E-state index contributed by atoms with van der Waals surface area (Å²) in [5.74, 6) is -0.456. The summed E-state index contributed by atoms with van der Waals surface area (Å²) in [4.78, 5) is 13.1. The van der Waals surface area contributed by atoms with Gasteiger partial charge in [0.25, 0.3) is 0 Å². The number of hydrogen-bond donors (Lipinski definition) is 2. The Kier molecular flexibility index (Phi) is 5.45. The first-order valence-electron chi connectivity index (χ1n) is 9.52. The number of benzene rings is 2. The normalized spacial score (nSPS) is 30.3. The van der Waals surface area contributed by atoms with E-state index in [4.69, 9.17) is 11.6 Å². The molecule has 2 aliphatic rings. The zero-order valence-electron chi connectivity index (χ0n) is 15.3. The number of alkyl halides is 1. The number of nitrogens with one attached hydrogen (secondary N) is 2. The molecule has 5 unspecified atom stereocenters. The molecule has 1 saturated carbocycles. The van der Waals surface area contributed by atoms with Crippen molar-refractivity contribution in [2.24, 2.45) is 5.92 Å². The third-order valence-corrected chi connectivity index (χ3v) is 7.64. The molecule has 2 N–H and O–H groups in total. The molecule has 5 atom stereocenters. The number of amides is 1. The Morgan fingerprint density at radius 1 is 0.964 bits per heavy atom. The first kappa shape index (κ1) is 19.4. The van der Waals surface area contributed by atoms with Gasteiger partial charge in [-0.05, 0) is 42.9 Å². The summed E-state index contributed by atoms with van der Waals surface area (Å²) < 4.78 is 28.5. The van der Waals surface area contributed by atoms with Gasteiger partial charge in [0, 0.05) is 17.3 Å². The fraction of sp³-hybridized carbons (Fsp3) is 0.381. The van der Waals surface area contributed by atoms with E-state index in [-0.39, 0.29) is 34.1 Å². The van der Waals surface area contributed by atoms with Gasteiger partial charge in [0.2, 0.25) is 15.9 Å². The summed E-state index contributed by atoms with van der Waals surface area (Å²) in [6, 6.07) is 17.0. The third kappa shape index (κ3) is 3.81. The molecular weight excluding hydrogens is 396 g/mol. The van der Waals surface area contributed by atoms with Crippen LogP contribution in [0, 0.1) is 5.92 Å². The van der Waals surface area contributed by atoms with Crippen molar-refractivity contribution in [3.8, 4) is 0 Å². The average Bonchev–Trinajstić information content (AvgIpc) is 2.70. The molecule has 1 amide bonds. The molecule has 1 aliphatic heterocycles. The molecule has 5 nitrogen and oxygen atoms in total. The van der Waals surface area contributed by atoms with Gasteiger partial charge in [0.05, 0.1) is 4.90 Å². The third-order valence-electron chi connectivity index (χ3n) is 5.79. The number of carbonyl (C=O) groups excluding carboxylic acids is 1. The molecule has 148 valence electrons. The van der Waals surface area contributed by atoms with Crippen LogP contribution in [0.15, 0.2) is 65.6 Å². The molecule has 7 heteroatoms. The number of fused-ring (bicyclic) bond motifs is 1. The Labute approximate surface area is 170 Å². The monoisotopic (exact) mass is 418 g/mol. The van der Waals surface area contributed by atoms with Gasteiger partial charge in [-0.15, -0.1) is 11.6 Å². The van der Waals surface area contributed by atoms with E-state index in [9.17, 15) is 13.2 Å². The smallest absolute Gasteiger partial charge is 0.241 e. The zero-order chi connectivity index (χ0) is 19.7. The molecule has 4 rings (SSSR count). The van der Waals surface area contributed by atoms with Crippen molar-refractivity contribution < 1.29 is 13.2 Å². The molecule has 0 spiro atoms. The zero-order valence-corrected chi connectivity index (χ0v) is 16.9. The van der Waals surface area contributed by atoms with Crippen LogP contribution < -0.4 is 10.0 Å². The second-order valence-electron chi connectivity index (χ2n) is 7.54. The maximum absolute atomic E-state index is 13.0. The van der Waals surface area contributed by atoms with Gasteiger partial charge >= 0.3 is 0 Å². The molecule has 2 aromatic rings. The Balaban J connectivity index is 1.72. The average molecular weight is 419 g/mol. The highest BCUT2D eigenvalue weighted by molar-refractivity contribution is 7.89. The fourth-order valence-electron chi connectivity index (χ4n) is 4.49. The Hall–Kier alpha value is -1.89. The van der Waals surface area contributed by atoms with Crippen LogP contribution in [0.2, 0.25) is 0 Å². The van der Waals surface area contributed by atoms with Crippen molar-refractivity contribution in [3.63, 3.8) is 0 Å². The van der Waals surface area contributed by atoms with Gasteiger partial charge < -0.3 is 5.32 Å². The van der Waals surface area contributed by atoms with Gasteiger partial charge in [-0.1, -0.05) is 48.5 Å². The van der Waals surface area contributed by atoms with Crippen molar-refractivity contribution in [1.29, 1.82) is 0 Å². The van der Waals surface area contributed by atoms with E-state index in [0.717, 1.165) is 24.8 Å². The van der Waals surface area contributed by atoms with Gasteiger partial charge in [-0.2, -0.15) is 4.72 Å². The molecule has 2 fully saturated rings. The molecule has 1 heterocycles. The molecule has 2 aromatic carbocycles. The van der Waals surface area contributed by atoms with Crippen LogP contribution in [-0.2, 0) is 14.8 Å². The van der Waals surface area contributed by atoms with Crippen molar-refractivity contribution in [1.82, 2.24) is 10.0 Å². The maximum Gasteiger partial charge on any atom is 0.241 e. The Morgan fingerprint density at radius 3 is 2.29 bits per heavy atom. The number of carbonyl (C=O) groups is 1. The molecule has 0 bridgehead atoms. The summed E-state index contributed by atoms with van der Waals surface area (Å²) in [6.45, 7) is 0. The Bertz CT molecular complexity index is 937. The highest BCUT2D eigenvalue weighted by Gasteiger charge is 2.48. The van der Waals surface area contributed by atoms with Gasteiger partial charge in [-0.3, -0.25) is 4.79 Å². The van der Waals surface area contributed by atoms with Gasteiger partial charge in [0.1, 0.15) is 6.04 Å². The van der Waals surface area contributed by atoms with Crippen LogP contribution in [0.25, 0.3) is 0 Å². The van der Waals surface area contributed by atoms with Crippen molar-refractivity contribution in [2.75, 3.05) is 0 Å². The lowest BCUT2D eigenvalue weighted by atomic mass is 9.68. The van der Waals surface area contributed by atoms with E-state index in [1.54, 1.807) is 18.2 Å². The maximum atomic E-state index is 13.0. The van der Waals surface area contributed by atoms with Crippen molar-refractivity contribution in [3.05, 3.63) is 66.2 Å². The van der Waals surface area contributed by atoms with Crippen LogP contribution in [0.5, 0.6) is 0 Å². The number of hydrogen-bond acceptors (Lipinski definition) is 3. The highest BCUT2D eigenvalue weighted by Crippen LogP contribution is 2.42. The summed E-state index contributed by atoms with van der Waals surface area (Å²) in [6.07, 6.45) is 2.41. The molecule has 28 heavy (non-hydrogen) atoms. The lowest BCUT2D eigenvalue weighted by Crippen LogP contribution is -2.62. The van der Waals surface area contributed by atoms with Crippen LogP contribution in [0.4, 0.5) is 0 Å². The van der Waals surface area contributed by atoms with E-state index >= 15 is 0 Å². The van der Waals surface area contributed by atoms with E-state index in [1.165, 1.54) is 12.1 Å². The van der Waals surface area contributed by atoms with Crippen molar-refractivity contribution in [2.45, 2.75) is 47.5 Å². The van der Waals surface area contributed by atoms with E-state index < -0.39 is 16.1 Å². The van der Waals surface area contributed by atoms with Gasteiger partial charge in [-0.25, -0.2) is 8.42 Å². The largest absolute Gasteiger partial charge is 0.352 e. The predicted octanol–water partition coefficient (Wildman–Crippen LogP) is 3.02. The fourth-order valence-corrected chi connectivity index (χ4v) is 6.06. The molecular formula is C21H23ClN2O3S. The number of halogens is 1. The summed E-state index contributed by atoms with van der Waals surface area (Å²) in [7, 11) is -3.83. The minimum absolute atomic E-state index is 0.0187. The lowest BCUT2D eigenvalue weighted by molar-refractivity contribution is -0.128. The van der Waals surface area contributed by atoms with Crippen LogP contribution >= 0.6 is 11.6 Å². The quantitative estimate of drug-likeness (QED) is 0.749. The van der Waals surface area contributed by atoms with Crippen LogP contribution in [0.1, 0.15) is 30.7 Å². The number of sulfonamides is 1. The topological polar surface area (TPSA) is 75.3 Å². The number of piperidine rings is 1. The second kappa shape index (κ2) is 7.85.